The highest BCUT2D eigenvalue weighted by Crippen LogP contribution is 2.39. The Balaban J connectivity index is 1.35. The molecule has 1 unspecified atom stereocenters. The number of urea groups is 1. The molecule has 4 aromatic carbocycles. The molecule has 10 heteroatoms. The third-order valence-electron chi connectivity index (χ3n) is 9.40. The molecule has 0 radical (unpaired) electrons. The van der Waals surface area contributed by atoms with Crippen molar-refractivity contribution in [1.29, 1.82) is 0 Å². The van der Waals surface area contributed by atoms with Gasteiger partial charge in [0.2, 0.25) is 5.91 Å². The van der Waals surface area contributed by atoms with E-state index < -0.39 is 17.7 Å². The number of hydrogen-bond acceptors (Lipinski definition) is 6. The second-order valence-electron chi connectivity index (χ2n) is 15.1. The van der Waals surface area contributed by atoms with Crippen LogP contribution in [0.4, 0.5) is 38.0 Å². The number of hydrogen-bond donors (Lipinski definition) is 3. The number of ether oxygens (including phenoxy) is 1. The Hall–Kier alpha value is -5.64. The number of carbonyl (C=O) groups excluding carboxylic acids is 3. The molecule has 1 atom stereocenters. The maximum atomic E-state index is 14.8. The monoisotopic (exact) mass is 714 g/mol. The van der Waals surface area contributed by atoms with E-state index in [0.29, 0.717) is 17.9 Å². The Morgan fingerprint density at radius 2 is 1.47 bits per heavy atom. The molecule has 6 rings (SSSR count). The molecule has 3 N–H and O–H groups in total. The zero-order valence-corrected chi connectivity index (χ0v) is 31.3. The van der Waals surface area contributed by atoms with E-state index in [-0.39, 0.29) is 23.8 Å². The van der Waals surface area contributed by atoms with Crippen LogP contribution in [0.5, 0.6) is 0 Å². The van der Waals surface area contributed by atoms with Gasteiger partial charge >= 0.3 is 12.1 Å². The minimum absolute atomic E-state index is 0.191. The summed E-state index contributed by atoms with van der Waals surface area (Å²) in [5, 5.41) is 16.0. The molecular weight excluding hydrogens is 665 g/mol. The summed E-state index contributed by atoms with van der Waals surface area (Å²) in [6, 6.07) is 32.1. The summed E-state index contributed by atoms with van der Waals surface area (Å²) in [5.41, 5.74) is 5.88. The van der Waals surface area contributed by atoms with E-state index in [1.54, 1.807) is 42.8 Å². The minimum Gasteiger partial charge on any atom is -0.444 e. The highest BCUT2D eigenvalue weighted by atomic mass is 16.6. The van der Waals surface area contributed by atoms with E-state index in [9.17, 15) is 14.4 Å². The summed E-state index contributed by atoms with van der Waals surface area (Å²) < 4.78 is 5.40. The maximum Gasteiger partial charge on any atom is 0.408 e. The van der Waals surface area contributed by atoms with E-state index in [0.717, 1.165) is 59.6 Å². The van der Waals surface area contributed by atoms with Crippen LogP contribution in [0.2, 0.25) is 0 Å². The van der Waals surface area contributed by atoms with Gasteiger partial charge in [-0.15, -0.1) is 0 Å². The Kier molecular flexibility index (Phi) is 11.5. The summed E-state index contributed by atoms with van der Waals surface area (Å²) >= 11 is 0. The van der Waals surface area contributed by atoms with Crippen molar-refractivity contribution in [3.63, 3.8) is 0 Å². The highest BCUT2D eigenvalue weighted by molar-refractivity contribution is 6.14. The molecule has 1 aliphatic carbocycles. The van der Waals surface area contributed by atoms with E-state index in [1.807, 2.05) is 98.8 Å². The van der Waals surface area contributed by atoms with Gasteiger partial charge in [0.25, 0.3) is 0 Å². The van der Waals surface area contributed by atoms with Crippen molar-refractivity contribution >= 4 is 52.2 Å². The van der Waals surface area contributed by atoms with Crippen LogP contribution in [0.25, 0.3) is 0 Å². The molecule has 1 saturated carbocycles. The molecule has 1 fully saturated rings. The van der Waals surface area contributed by atoms with Crippen LogP contribution in [-0.2, 0) is 16.1 Å². The average molecular weight is 715 g/mol. The number of nitrogens with one attached hydrogen (secondary N) is 3. The zero-order valence-electron chi connectivity index (χ0n) is 31.3. The molecule has 53 heavy (non-hydrogen) atoms. The average Bonchev–Trinajstić information content (AvgIpc) is 3.25. The van der Waals surface area contributed by atoms with Crippen LogP contribution >= 0.6 is 0 Å². The first-order valence-corrected chi connectivity index (χ1v) is 18.6. The summed E-state index contributed by atoms with van der Waals surface area (Å²) in [6.45, 7) is 9.35. The van der Waals surface area contributed by atoms with Gasteiger partial charge in [0, 0.05) is 28.5 Å². The van der Waals surface area contributed by atoms with Crippen LogP contribution in [-0.4, -0.2) is 40.4 Å². The van der Waals surface area contributed by atoms with Gasteiger partial charge in [-0.2, -0.15) is 5.10 Å². The number of anilines is 5. The van der Waals surface area contributed by atoms with Crippen molar-refractivity contribution in [3.05, 3.63) is 114 Å². The highest BCUT2D eigenvalue weighted by Gasteiger charge is 2.35. The molecule has 0 bridgehead atoms. The predicted molar refractivity (Wildman–Crippen MR) is 212 cm³/mol. The summed E-state index contributed by atoms with van der Waals surface area (Å²) in [7, 11) is 0. The van der Waals surface area contributed by atoms with Crippen molar-refractivity contribution in [1.82, 2.24) is 10.3 Å². The third kappa shape index (κ3) is 9.43. The number of benzene rings is 4. The fourth-order valence-corrected chi connectivity index (χ4v) is 6.82. The van der Waals surface area contributed by atoms with E-state index >= 15 is 0 Å². The second kappa shape index (κ2) is 16.4. The van der Waals surface area contributed by atoms with Crippen molar-refractivity contribution in [2.45, 2.75) is 84.9 Å². The molecule has 2 aliphatic rings. The first-order chi connectivity index (χ1) is 25.4. The van der Waals surface area contributed by atoms with Gasteiger partial charge < -0.3 is 20.7 Å². The molecule has 0 aromatic heterocycles. The molecule has 1 heterocycles. The molecule has 0 saturated heterocycles. The Morgan fingerprint density at radius 3 is 2.11 bits per heavy atom. The number of rotatable bonds is 10. The van der Waals surface area contributed by atoms with Gasteiger partial charge in [0.05, 0.1) is 23.6 Å². The van der Waals surface area contributed by atoms with Gasteiger partial charge in [-0.3, -0.25) is 9.69 Å². The van der Waals surface area contributed by atoms with Crippen LogP contribution < -0.4 is 20.9 Å². The molecule has 276 valence electrons. The maximum absolute atomic E-state index is 14.8. The molecule has 10 nitrogen and oxygen atoms in total. The molecule has 1 aliphatic heterocycles. The van der Waals surface area contributed by atoms with E-state index in [4.69, 9.17) is 9.84 Å². The number of fused-ring (bicyclic) bond motifs is 1. The van der Waals surface area contributed by atoms with Crippen molar-refractivity contribution in [3.8, 4) is 0 Å². The number of hydrazone groups is 1. The van der Waals surface area contributed by atoms with Crippen LogP contribution in [0, 0.1) is 11.8 Å². The number of para-hydroxylation sites is 1. The Labute approximate surface area is 312 Å². The van der Waals surface area contributed by atoms with E-state index in [1.165, 1.54) is 6.42 Å². The topological polar surface area (TPSA) is 115 Å². The van der Waals surface area contributed by atoms with Gasteiger partial charge in [-0.05, 0) is 99.7 Å². The molecule has 4 aromatic rings. The lowest BCUT2D eigenvalue weighted by molar-refractivity contribution is -0.119. The summed E-state index contributed by atoms with van der Waals surface area (Å²) in [4.78, 5) is 42.4. The molecule has 4 amide bonds. The van der Waals surface area contributed by atoms with Gasteiger partial charge in [-0.1, -0.05) is 81.6 Å². The fraction of sp³-hybridized carbons (Fsp3) is 0.349. The van der Waals surface area contributed by atoms with Gasteiger partial charge in [0.15, 0.2) is 0 Å². The van der Waals surface area contributed by atoms with Gasteiger partial charge in [0.1, 0.15) is 11.6 Å². The third-order valence-corrected chi connectivity index (χ3v) is 9.40. The van der Waals surface area contributed by atoms with Crippen LogP contribution in [0.15, 0.2) is 108 Å². The lowest BCUT2D eigenvalue weighted by atomic mass is 9.82. The Bertz CT molecular complexity index is 1920. The normalized spacial score (nSPS) is 15.6. The van der Waals surface area contributed by atoms with Crippen LogP contribution in [0.3, 0.4) is 0 Å². The van der Waals surface area contributed by atoms with E-state index in [2.05, 4.69) is 22.0 Å². The summed E-state index contributed by atoms with van der Waals surface area (Å²) in [6.07, 6.45) is 4.80. The second-order valence-corrected chi connectivity index (χ2v) is 15.1. The SMILES string of the molecule is CC(C)C(NC(=O)OC(C)(C)C)C(=O)Nc1ccc(N2C(=O)N(Cc3ccccc3)N=C(C3CCCCC3)c3cc(Nc4ccccc4)ccc32)cc1. The predicted octanol–water partition coefficient (Wildman–Crippen LogP) is 9.98. The number of alkyl carbamates (subject to hydrolysis) is 1. The summed E-state index contributed by atoms with van der Waals surface area (Å²) in [5.74, 6) is -0.350. The molecule has 0 spiro atoms. The first kappa shape index (κ1) is 37.1. The van der Waals surface area contributed by atoms with Crippen molar-refractivity contribution in [2.75, 3.05) is 15.5 Å². The fourth-order valence-electron chi connectivity index (χ4n) is 6.82. The lowest BCUT2D eigenvalue weighted by Crippen LogP contribution is -2.48. The first-order valence-electron chi connectivity index (χ1n) is 18.6. The van der Waals surface area contributed by atoms with Crippen LogP contribution in [0.1, 0.15) is 77.8 Å². The minimum atomic E-state index is -0.816. The lowest BCUT2D eigenvalue weighted by Gasteiger charge is -2.27. The number of nitrogens with zero attached hydrogens (tertiary/aromatic N) is 3. The number of amides is 4. The Morgan fingerprint density at radius 1 is 0.830 bits per heavy atom. The molecular formula is C43H50N6O4. The van der Waals surface area contributed by atoms with Crippen molar-refractivity contribution in [2.24, 2.45) is 16.9 Å². The van der Waals surface area contributed by atoms with Crippen molar-refractivity contribution < 1.29 is 19.1 Å². The largest absolute Gasteiger partial charge is 0.444 e. The zero-order chi connectivity index (χ0) is 37.5. The van der Waals surface area contributed by atoms with Gasteiger partial charge in [-0.25, -0.2) is 14.6 Å². The standard InChI is InChI=1S/C43H50N6O4/c1-29(2)38(46-41(51)53-43(3,4)5)40(50)45-33-21-24-35(25-22-33)49-37-26-23-34(44-32-19-13-8-14-20-32)27-36(37)39(31-17-11-7-12-18-31)47-48(42(49)52)28-30-15-9-6-10-16-30/h6,8-10,13-16,19-27,29,31,38,44H,7,11-12,17-18,28H2,1-5H3,(H,45,50)(H,46,51). The number of carbonyl (C=O) groups is 3. The smallest absolute Gasteiger partial charge is 0.408 e. The quantitative estimate of drug-likeness (QED) is 0.151.